The number of benzene rings is 2. The number of nitrogens with one attached hydrogen (secondary N) is 1. The number of hydrogen-bond donors (Lipinski definition) is 1. The third-order valence-electron chi connectivity index (χ3n) is 4.75. The van der Waals surface area contributed by atoms with Gasteiger partial charge in [-0.3, -0.25) is 14.2 Å². The molecule has 2 aromatic carbocycles. The lowest BCUT2D eigenvalue weighted by Crippen LogP contribution is -2.27. The van der Waals surface area contributed by atoms with Crippen molar-refractivity contribution in [3.05, 3.63) is 82.9 Å². The standard InChI is InChI=1S/C23H21N3O2S/c1-15(2)16-8-10-18(11-9-16)25-21(27)13-26-14-24-22-19(23(26)28)12-20(29-22)17-6-4-3-5-7-17/h3-12,14-15H,13H2,1-2H3,(H,25,27). The number of amides is 1. The number of carbonyl (C=O) groups is 1. The number of carbonyl (C=O) groups excluding carboxylic acids is 1. The minimum Gasteiger partial charge on any atom is -0.325 e. The van der Waals surface area contributed by atoms with Crippen LogP contribution in [0.25, 0.3) is 20.7 Å². The monoisotopic (exact) mass is 403 g/mol. The van der Waals surface area contributed by atoms with Gasteiger partial charge < -0.3 is 5.32 Å². The highest BCUT2D eigenvalue weighted by molar-refractivity contribution is 7.21. The minimum atomic E-state index is -0.260. The molecule has 5 nitrogen and oxygen atoms in total. The molecular weight excluding hydrogens is 382 g/mol. The van der Waals surface area contributed by atoms with Gasteiger partial charge in [-0.05, 0) is 35.2 Å². The number of anilines is 1. The van der Waals surface area contributed by atoms with Crippen LogP contribution in [0.1, 0.15) is 25.3 Å². The Hall–Kier alpha value is -3.25. The van der Waals surface area contributed by atoms with E-state index in [0.717, 1.165) is 10.4 Å². The van der Waals surface area contributed by atoms with Gasteiger partial charge in [-0.25, -0.2) is 4.98 Å². The highest BCUT2D eigenvalue weighted by Crippen LogP contribution is 2.30. The van der Waals surface area contributed by atoms with Crippen LogP contribution in [0, 0.1) is 0 Å². The number of fused-ring (bicyclic) bond motifs is 1. The Morgan fingerprint density at radius 3 is 2.52 bits per heavy atom. The van der Waals surface area contributed by atoms with E-state index in [0.29, 0.717) is 21.8 Å². The van der Waals surface area contributed by atoms with Gasteiger partial charge in [-0.1, -0.05) is 56.3 Å². The molecule has 0 saturated carbocycles. The molecule has 2 heterocycles. The molecule has 0 aliphatic heterocycles. The van der Waals surface area contributed by atoms with E-state index < -0.39 is 0 Å². The molecule has 0 saturated heterocycles. The molecule has 0 aliphatic rings. The largest absolute Gasteiger partial charge is 0.325 e. The maximum Gasteiger partial charge on any atom is 0.262 e. The fraction of sp³-hybridized carbons (Fsp3) is 0.174. The quantitative estimate of drug-likeness (QED) is 0.516. The first-order valence-corrected chi connectivity index (χ1v) is 10.3. The fourth-order valence-corrected chi connectivity index (χ4v) is 4.12. The van der Waals surface area contributed by atoms with Crippen LogP contribution in [0.3, 0.4) is 0 Å². The molecular formula is C23H21N3O2S. The van der Waals surface area contributed by atoms with Gasteiger partial charge >= 0.3 is 0 Å². The molecule has 1 N–H and O–H groups in total. The van der Waals surface area contributed by atoms with Gasteiger partial charge in [0, 0.05) is 10.6 Å². The molecule has 29 heavy (non-hydrogen) atoms. The van der Waals surface area contributed by atoms with E-state index in [2.05, 4.69) is 24.1 Å². The third-order valence-corrected chi connectivity index (χ3v) is 5.84. The number of thiophene rings is 1. The SMILES string of the molecule is CC(C)c1ccc(NC(=O)Cn2cnc3sc(-c4ccccc4)cc3c2=O)cc1. The van der Waals surface area contributed by atoms with Crippen LogP contribution in [0.4, 0.5) is 5.69 Å². The zero-order valence-electron chi connectivity index (χ0n) is 16.3. The van der Waals surface area contributed by atoms with Gasteiger partial charge in [0.05, 0.1) is 11.7 Å². The van der Waals surface area contributed by atoms with Crippen LogP contribution in [0.15, 0.2) is 71.8 Å². The van der Waals surface area contributed by atoms with Crippen LogP contribution in [-0.4, -0.2) is 15.5 Å². The second-order valence-corrected chi connectivity index (χ2v) is 8.23. The first-order chi connectivity index (χ1) is 14.0. The highest BCUT2D eigenvalue weighted by Gasteiger charge is 2.12. The van der Waals surface area contributed by atoms with Crippen LogP contribution in [-0.2, 0) is 11.3 Å². The normalized spacial score (nSPS) is 11.1. The van der Waals surface area contributed by atoms with Gasteiger partial charge in [0.2, 0.25) is 5.91 Å². The zero-order valence-corrected chi connectivity index (χ0v) is 17.1. The first-order valence-electron chi connectivity index (χ1n) is 9.45. The number of aromatic nitrogens is 2. The Bertz CT molecular complexity index is 1210. The summed E-state index contributed by atoms with van der Waals surface area (Å²) < 4.78 is 1.35. The van der Waals surface area contributed by atoms with Crippen LogP contribution in [0.2, 0.25) is 0 Å². The number of hydrogen-bond acceptors (Lipinski definition) is 4. The molecule has 4 rings (SSSR count). The van der Waals surface area contributed by atoms with E-state index in [9.17, 15) is 9.59 Å². The van der Waals surface area contributed by atoms with E-state index in [1.165, 1.54) is 27.8 Å². The van der Waals surface area contributed by atoms with Crippen LogP contribution >= 0.6 is 11.3 Å². The Kier molecular flexibility index (Phi) is 5.27. The lowest BCUT2D eigenvalue weighted by Gasteiger charge is -2.09. The molecule has 0 fully saturated rings. The molecule has 4 aromatic rings. The topological polar surface area (TPSA) is 64.0 Å². The van der Waals surface area contributed by atoms with Crippen molar-refractivity contribution in [2.75, 3.05) is 5.32 Å². The maximum atomic E-state index is 12.8. The zero-order chi connectivity index (χ0) is 20.4. The number of nitrogens with zero attached hydrogens (tertiary/aromatic N) is 2. The molecule has 0 atom stereocenters. The Labute approximate surface area is 172 Å². The predicted octanol–water partition coefficient (Wildman–Crippen LogP) is 4.89. The van der Waals surface area contributed by atoms with Gasteiger partial charge in [0.15, 0.2) is 0 Å². The summed E-state index contributed by atoms with van der Waals surface area (Å²) in [6.45, 7) is 4.16. The van der Waals surface area contributed by atoms with Crippen LogP contribution in [0.5, 0.6) is 0 Å². The first kappa shape index (κ1) is 19.1. The van der Waals surface area contributed by atoms with Gasteiger partial charge in [-0.2, -0.15) is 0 Å². The molecule has 6 heteroatoms. The van der Waals surface area contributed by atoms with Crippen molar-refractivity contribution in [1.29, 1.82) is 0 Å². The van der Waals surface area contributed by atoms with Crippen molar-refractivity contribution in [3.63, 3.8) is 0 Å². The second kappa shape index (κ2) is 8.01. The molecule has 0 radical (unpaired) electrons. The molecule has 146 valence electrons. The molecule has 1 amide bonds. The second-order valence-electron chi connectivity index (χ2n) is 7.20. The summed E-state index contributed by atoms with van der Waals surface area (Å²) in [6, 6.07) is 19.5. The van der Waals surface area contributed by atoms with Crippen LogP contribution < -0.4 is 10.9 Å². The van der Waals surface area contributed by atoms with E-state index in [-0.39, 0.29) is 18.0 Å². The smallest absolute Gasteiger partial charge is 0.262 e. The predicted molar refractivity (Wildman–Crippen MR) is 118 cm³/mol. The van der Waals surface area contributed by atoms with Gasteiger partial charge in [0.25, 0.3) is 5.56 Å². The van der Waals surface area contributed by atoms with E-state index in [1.807, 2.05) is 60.7 Å². The average Bonchev–Trinajstić information content (AvgIpc) is 3.16. The summed E-state index contributed by atoms with van der Waals surface area (Å²) in [6.07, 6.45) is 1.44. The van der Waals surface area contributed by atoms with Crippen molar-refractivity contribution in [3.8, 4) is 10.4 Å². The van der Waals surface area contributed by atoms with Crippen molar-refractivity contribution < 1.29 is 4.79 Å². The van der Waals surface area contributed by atoms with Crippen molar-refractivity contribution in [2.45, 2.75) is 26.3 Å². The Morgan fingerprint density at radius 1 is 1.10 bits per heavy atom. The Balaban J connectivity index is 1.54. The summed E-state index contributed by atoms with van der Waals surface area (Å²) in [5.74, 6) is 0.173. The molecule has 0 aliphatic carbocycles. The Morgan fingerprint density at radius 2 is 1.83 bits per heavy atom. The van der Waals surface area contributed by atoms with Crippen molar-refractivity contribution >= 4 is 33.1 Å². The molecule has 0 spiro atoms. The number of rotatable bonds is 5. The molecule has 0 unspecified atom stereocenters. The van der Waals surface area contributed by atoms with Crippen molar-refractivity contribution in [1.82, 2.24) is 9.55 Å². The summed E-state index contributed by atoms with van der Waals surface area (Å²) in [4.78, 5) is 31.3. The van der Waals surface area contributed by atoms with Gasteiger partial charge in [-0.15, -0.1) is 11.3 Å². The van der Waals surface area contributed by atoms with Gasteiger partial charge in [0.1, 0.15) is 11.4 Å². The fourth-order valence-electron chi connectivity index (χ4n) is 3.12. The molecule has 2 aromatic heterocycles. The highest BCUT2D eigenvalue weighted by atomic mass is 32.1. The minimum absolute atomic E-state index is 0.0791. The average molecular weight is 404 g/mol. The molecule has 0 bridgehead atoms. The summed E-state index contributed by atoms with van der Waals surface area (Å²) in [7, 11) is 0. The van der Waals surface area contributed by atoms with Crippen molar-refractivity contribution in [2.24, 2.45) is 0 Å². The third kappa shape index (κ3) is 4.12. The lowest BCUT2D eigenvalue weighted by molar-refractivity contribution is -0.116. The van der Waals surface area contributed by atoms with E-state index in [1.54, 1.807) is 0 Å². The van der Waals surface area contributed by atoms with E-state index >= 15 is 0 Å². The summed E-state index contributed by atoms with van der Waals surface area (Å²) in [5, 5.41) is 3.37. The lowest BCUT2D eigenvalue weighted by atomic mass is 10.0. The summed E-state index contributed by atoms with van der Waals surface area (Å²) in [5.41, 5.74) is 2.76. The van der Waals surface area contributed by atoms with E-state index in [4.69, 9.17) is 0 Å². The maximum absolute atomic E-state index is 12.8. The summed E-state index contributed by atoms with van der Waals surface area (Å²) >= 11 is 1.47.